The molecule has 1 atom stereocenters. The summed E-state index contributed by atoms with van der Waals surface area (Å²) in [6, 6.07) is 18.2. The summed E-state index contributed by atoms with van der Waals surface area (Å²) in [5, 5.41) is 7.58. The predicted octanol–water partition coefficient (Wildman–Crippen LogP) is 3.35. The van der Waals surface area contributed by atoms with Crippen LogP contribution < -0.4 is 15.6 Å². The number of benzene rings is 2. The molecule has 150 valence electrons. The highest BCUT2D eigenvalue weighted by atomic mass is 32.2. The van der Waals surface area contributed by atoms with Crippen molar-refractivity contribution in [2.75, 3.05) is 7.11 Å². The molecule has 0 saturated heterocycles. The van der Waals surface area contributed by atoms with E-state index in [1.165, 1.54) is 22.5 Å². The van der Waals surface area contributed by atoms with Gasteiger partial charge in [0.05, 0.1) is 18.0 Å². The van der Waals surface area contributed by atoms with Gasteiger partial charge in [-0.15, -0.1) is 0 Å². The van der Waals surface area contributed by atoms with E-state index >= 15 is 0 Å². The molecule has 0 aliphatic rings. The summed E-state index contributed by atoms with van der Waals surface area (Å²) in [5.74, 6) is 0.680. The van der Waals surface area contributed by atoms with E-state index in [2.05, 4.69) is 10.4 Å². The van der Waals surface area contributed by atoms with Crippen LogP contribution in [0.1, 0.15) is 18.1 Å². The molecular weight excluding hydrogens is 386 g/mol. The second-order valence-corrected chi connectivity index (χ2v) is 7.94. The van der Waals surface area contributed by atoms with Crippen LogP contribution in [-0.4, -0.2) is 28.0 Å². The lowest BCUT2D eigenvalue weighted by Gasteiger charge is -2.13. The van der Waals surface area contributed by atoms with Crippen molar-refractivity contribution in [1.82, 2.24) is 15.1 Å². The Hall–Kier alpha value is -3.06. The summed E-state index contributed by atoms with van der Waals surface area (Å²) in [6.45, 7) is 4.24. The van der Waals surface area contributed by atoms with Gasteiger partial charge in [0.15, 0.2) is 0 Å². The van der Waals surface area contributed by atoms with Crippen LogP contribution in [0.5, 0.6) is 5.75 Å². The van der Waals surface area contributed by atoms with Crippen LogP contribution in [0.25, 0.3) is 5.69 Å². The van der Waals surface area contributed by atoms with E-state index in [1.54, 1.807) is 13.2 Å². The molecule has 29 heavy (non-hydrogen) atoms. The lowest BCUT2D eigenvalue weighted by molar-refractivity contribution is -0.120. The number of amides is 1. The molecule has 0 aliphatic heterocycles. The van der Waals surface area contributed by atoms with Crippen LogP contribution in [0.2, 0.25) is 0 Å². The monoisotopic (exact) mass is 409 g/mol. The Labute approximate surface area is 173 Å². The molecule has 0 unspecified atom stereocenters. The Morgan fingerprint density at radius 1 is 1.10 bits per heavy atom. The largest absolute Gasteiger partial charge is 0.497 e. The van der Waals surface area contributed by atoms with Crippen LogP contribution in [0.3, 0.4) is 0 Å². The Balaban J connectivity index is 1.64. The van der Waals surface area contributed by atoms with Crippen molar-refractivity contribution in [3.63, 3.8) is 0 Å². The fourth-order valence-electron chi connectivity index (χ4n) is 2.64. The molecule has 3 aromatic rings. The average molecular weight is 410 g/mol. The normalized spacial score (nSPS) is 11.7. The average Bonchev–Trinajstić information content (AvgIpc) is 2.74. The highest BCUT2D eigenvalue weighted by Gasteiger charge is 2.16. The lowest BCUT2D eigenvalue weighted by atomic mass is 10.2. The first-order valence-corrected chi connectivity index (χ1v) is 10.1. The molecule has 1 amide bonds. The van der Waals surface area contributed by atoms with Gasteiger partial charge in [0.25, 0.3) is 5.56 Å². The molecule has 0 fully saturated rings. The van der Waals surface area contributed by atoms with Crippen molar-refractivity contribution in [2.24, 2.45) is 0 Å². The van der Waals surface area contributed by atoms with Crippen molar-refractivity contribution < 1.29 is 9.53 Å². The van der Waals surface area contributed by atoms with Crippen molar-refractivity contribution in [1.29, 1.82) is 0 Å². The summed E-state index contributed by atoms with van der Waals surface area (Å²) in [5.41, 5.74) is 2.58. The van der Waals surface area contributed by atoms with Crippen LogP contribution in [0, 0.1) is 6.92 Å². The van der Waals surface area contributed by atoms with E-state index in [9.17, 15) is 9.59 Å². The van der Waals surface area contributed by atoms with Crippen molar-refractivity contribution in [3.8, 4) is 11.4 Å². The molecule has 1 aromatic heterocycles. The highest BCUT2D eigenvalue weighted by Crippen LogP contribution is 2.21. The van der Waals surface area contributed by atoms with Gasteiger partial charge in [0, 0.05) is 12.6 Å². The first-order chi connectivity index (χ1) is 14.0. The number of hydrogen-bond acceptors (Lipinski definition) is 5. The summed E-state index contributed by atoms with van der Waals surface area (Å²) >= 11 is 1.31. The summed E-state index contributed by atoms with van der Waals surface area (Å²) in [4.78, 5) is 24.6. The minimum Gasteiger partial charge on any atom is -0.497 e. The number of aryl methyl sites for hydroxylation is 1. The van der Waals surface area contributed by atoms with E-state index in [0.29, 0.717) is 17.3 Å². The maximum absolute atomic E-state index is 12.5. The quantitative estimate of drug-likeness (QED) is 0.606. The predicted molar refractivity (Wildman–Crippen MR) is 115 cm³/mol. The van der Waals surface area contributed by atoms with E-state index < -0.39 is 0 Å². The molecule has 6 nitrogen and oxygen atoms in total. The van der Waals surface area contributed by atoms with Crippen LogP contribution >= 0.6 is 11.8 Å². The Morgan fingerprint density at radius 3 is 2.45 bits per heavy atom. The number of ether oxygens (including phenoxy) is 1. The van der Waals surface area contributed by atoms with Gasteiger partial charge < -0.3 is 10.1 Å². The van der Waals surface area contributed by atoms with Gasteiger partial charge in [-0.05, 0) is 49.7 Å². The minimum absolute atomic E-state index is 0.0966. The summed E-state index contributed by atoms with van der Waals surface area (Å²) in [7, 11) is 1.62. The molecule has 0 bridgehead atoms. The van der Waals surface area contributed by atoms with Gasteiger partial charge in [0.2, 0.25) is 5.91 Å². The van der Waals surface area contributed by atoms with E-state index in [-0.39, 0.29) is 16.7 Å². The number of methoxy groups -OCH3 is 1. The highest BCUT2D eigenvalue weighted by molar-refractivity contribution is 8.00. The molecule has 0 aliphatic carbocycles. The van der Waals surface area contributed by atoms with Crippen LogP contribution in [0.15, 0.2) is 70.5 Å². The molecular formula is C22H23N3O3S. The molecule has 1 heterocycles. The smallest absolute Gasteiger partial charge is 0.271 e. The number of nitrogens with zero attached hydrogens (tertiary/aromatic N) is 2. The number of aromatic nitrogens is 2. The molecule has 0 saturated carbocycles. The van der Waals surface area contributed by atoms with Gasteiger partial charge in [-0.2, -0.15) is 9.78 Å². The first-order valence-electron chi connectivity index (χ1n) is 9.21. The molecule has 3 rings (SSSR count). The third-order valence-corrected chi connectivity index (χ3v) is 5.37. The van der Waals surface area contributed by atoms with Gasteiger partial charge in [-0.25, -0.2) is 0 Å². The van der Waals surface area contributed by atoms with Crippen LogP contribution in [0.4, 0.5) is 0 Å². The molecule has 0 radical (unpaired) electrons. The molecule has 1 N–H and O–H groups in total. The zero-order valence-corrected chi connectivity index (χ0v) is 17.4. The lowest BCUT2D eigenvalue weighted by Crippen LogP contribution is -2.30. The maximum atomic E-state index is 12.5. The topological polar surface area (TPSA) is 73.2 Å². The standard InChI is InChI=1S/C22H23N3O3S/c1-15-4-8-18(9-5-15)25-21(26)13-12-20(24-25)29-16(2)22(27)23-14-17-6-10-19(28-3)11-7-17/h4-13,16H,14H2,1-3H3,(H,23,27)/t16-/m1/s1. The van der Waals surface area contributed by atoms with Gasteiger partial charge >= 0.3 is 0 Å². The summed E-state index contributed by atoms with van der Waals surface area (Å²) < 4.78 is 6.48. The van der Waals surface area contributed by atoms with Crippen LogP contribution in [-0.2, 0) is 11.3 Å². The maximum Gasteiger partial charge on any atom is 0.271 e. The van der Waals surface area contributed by atoms with Crippen molar-refractivity contribution in [2.45, 2.75) is 30.7 Å². The summed E-state index contributed by atoms with van der Waals surface area (Å²) in [6.07, 6.45) is 0. The van der Waals surface area contributed by atoms with E-state index in [4.69, 9.17) is 4.74 Å². The third kappa shape index (κ3) is 5.48. The van der Waals surface area contributed by atoms with Crippen molar-refractivity contribution >= 4 is 17.7 Å². The van der Waals surface area contributed by atoms with E-state index in [1.807, 2.05) is 62.4 Å². The molecule has 2 aromatic carbocycles. The number of nitrogens with one attached hydrogen (secondary N) is 1. The minimum atomic E-state index is -0.357. The number of thioether (sulfide) groups is 1. The second-order valence-electron chi connectivity index (χ2n) is 6.58. The first kappa shape index (κ1) is 20.7. The SMILES string of the molecule is COc1ccc(CNC(=O)[C@@H](C)Sc2ccc(=O)n(-c3ccc(C)cc3)n2)cc1. The Bertz CT molecular complexity index is 1030. The molecule has 7 heteroatoms. The number of hydrogen-bond donors (Lipinski definition) is 1. The number of rotatable bonds is 7. The number of carbonyl (C=O) groups is 1. The van der Waals surface area contributed by atoms with E-state index in [0.717, 1.165) is 16.9 Å². The Morgan fingerprint density at radius 2 is 1.79 bits per heavy atom. The van der Waals surface area contributed by atoms with Gasteiger partial charge in [0.1, 0.15) is 10.8 Å². The fourth-order valence-corrected chi connectivity index (χ4v) is 3.47. The second kappa shape index (κ2) is 9.43. The third-order valence-electron chi connectivity index (χ3n) is 4.35. The zero-order valence-electron chi connectivity index (χ0n) is 16.6. The Kier molecular flexibility index (Phi) is 6.72. The molecule has 0 spiro atoms. The zero-order chi connectivity index (χ0) is 20.8. The van der Waals surface area contributed by atoms with Crippen molar-refractivity contribution in [3.05, 3.63) is 82.1 Å². The van der Waals surface area contributed by atoms with Gasteiger partial charge in [-0.3, -0.25) is 9.59 Å². The number of carbonyl (C=O) groups excluding carboxylic acids is 1. The fraction of sp³-hybridized carbons (Fsp3) is 0.227. The van der Waals surface area contributed by atoms with Gasteiger partial charge in [-0.1, -0.05) is 41.6 Å².